The molecule has 0 aliphatic carbocycles. The highest BCUT2D eigenvalue weighted by atomic mass is 15.5. The summed E-state index contributed by atoms with van der Waals surface area (Å²) >= 11 is 0. The molecule has 1 aliphatic heterocycles. The van der Waals surface area contributed by atoms with Gasteiger partial charge in [-0.2, -0.15) is 0 Å². The molecule has 1 heterocycles. The van der Waals surface area contributed by atoms with E-state index in [1.165, 1.54) is 11.4 Å². The van der Waals surface area contributed by atoms with Crippen molar-refractivity contribution >= 4 is 0 Å². The van der Waals surface area contributed by atoms with E-state index in [1.807, 2.05) is 19.0 Å². The number of hydrazine groups is 1. The first-order chi connectivity index (χ1) is 4.20. The molecule has 50 valence electrons. The fourth-order valence-electron chi connectivity index (χ4n) is 0.747. The van der Waals surface area contributed by atoms with Crippen LogP contribution in [0, 0.1) is 0 Å². The topological polar surface area (TPSA) is 15.3 Å². The van der Waals surface area contributed by atoms with E-state index < -0.39 is 0 Å². The highest BCUT2D eigenvalue weighted by Gasteiger charge is 2.00. The van der Waals surface area contributed by atoms with E-state index in [9.17, 15) is 0 Å². The lowest BCUT2D eigenvalue weighted by atomic mass is 10.3. The molecule has 1 aliphatic rings. The molecule has 0 aromatic rings. The zero-order valence-corrected chi connectivity index (χ0v) is 6.10. The van der Waals surface area contributed by atoms with Gasteiger partial charge in [0, 0.05) is 18.4 Å². The van der Waals surface area contributed by atoms with E-state index in [0.717, 1.165) is 0 Å². The lowest BCUT2D eigenvalue weighted by Gasteiger charge is -2.25. The SMILES string of the molecule is CC1=CC=C(C)N(C)N1. The molecule has 0 amide bonds. The van der Waals surface area contributed by atoms with Crippen LogP contribution < -0.4 is 5.43 Å². The maximum Gasteiger partial charge on any atom is 0.0312 e. The minimum Gasteiger partial charge on any atom is -0.303 e. The molecule has 0 saturated heterocycles. The summed E-state index contributed by atoms with van der Waals surface area (Å²) < 4.78 is 0. The number of hydrogen-bond acceptors (Lipinski definition) is 2. The van der Waals surface area contributed by atoms with Gasteiger partial charge < -0.3 is 5.43 Å². The van der Waals surface area contributed by atoms with Gasteiger partial charge in [0.1, 0.15) is 0 Å². The second-order valence-corrected chi connectivity index (χ2v) is 2.33. The summed E-state index contributed by atoms with van der Waals surface area (Å²) in [6, 6.07) is 0. The summed E-state index contributed by atoms with van der Waals surface area (Å²) in [5, 5.41) is 2.00. The molecule has 1 N–H and O–H groups in total. The van der Waals surface area contributed by atoms with Crippen LogP contribution in [0.25, 0.3) is 0 Å². The maximum atomic E-state index is 3.16. The fraction of sp³-hybridized carbons (Fsp3) is 0.429. The summed E-state index contributed by atoms with van der Waals surface area (Å²) in [5.74, 6) is 0. The average molecular weight is 124 g/mol. The molecule has 0 fully saturated rings. The largest absolute Gasteiger partial charge is 0.303 e. The number of nitrogens with zero attached hydrogens (tertiary/aromatic N) is 1. The normalized spacial score (nSPS) is 18.3. The monoisotopic (exact) mass is 124 g/mol. The number of allylic oxidation sites excluding steroid dienone is 4. The Bertz CT molecular complexity index is 168. The van der Waals surface area contributed by atoms with Crippen molar-refractivity contribution in [3.63, 3.8) is 0 Å². The Labute approximate surface area is 55.8 Å². The molecule has 0 radical (unpaired) electrons. The predicted molar refractivity (Wildman–Crippen MR) is 38.4 cm³/mol. The molecule has 9 heavy (non-hydrogen) atoms. The third-order valence-electron chi connectivity index (χ3n) is 1.45. The minimum absolute atomic E-state index is 1.18. The van der Waals surface area contributed by atoms with E-state index in [1.54, 1.807) is 0 Å². The summed E-state index contributed by atoms with van der Waals surface area (Å²) in [5.41, 5.74) is 5.58. The molecule has 2 heteroatoms. The Morgan fingerprint density at radius 3 is 2.44 bits per heavy atom. The highest BCUT2D eigenvalue weighted by Crippen LogP contribution is 2.05. The van der Waals surface area contributed by atoms with Crippen LogP contribution in [-0.4, -0.2) is 12.1 Å². The van der Waals surface area contributed by atoms with Crippen LogP contribution in [0.3, 0.4) is 0 Å². The van der Waals surface area contributed by atoms with Gasteiger partial charge in [-0.3, -0.25) is 5.01 Å². The Morgan fingerprint density at radius 2 is 2.00 bits per heavy atom. The van der Waals surface area contributed by atoms with Crippen LogP contribution >= 0.6 is 0 Å². The van der Waals surface area contributed by atoms with Gasteiger partial charge in [-0.1, -0.05) is 0 Å². The Balaban J connectivity index is 2.74. The molecule has 0 saturated carbocycles. The van der Waals surface area contributed by atoms with Gasteiger partial charge in [0.25, 0.3) is 0 Å². The first-order valence-electron chi connectivity index (χ1n) is 3.06. The zero-order valence-electron chi connectivity index (χ0n) is 6.10. The van der Waals surface area contributed by atoms with Crippen LogP contribution in [0.15, 0.2) is 23.5 Å². The Morgan fingerprint density at radius 1 is 1.33 bits per heavy atom. The zero-order chi connectivity index (χ0) is 6.85. The lowest BCUT2D eigenvalue weighted by Crippen LogP contribution is -2.32. The van der Waals surface area contributed by atoms with Crippen LogP contribution in [0.2, 0.25) is 0 Å². The smallest absolute Gasteiger partial charge is 0.0312 e. The van der Waals surface area contributed by atoms with Gasteiger partial charge in [0.05, 0.1) is 0 Å². The van der Waals surface area contributed by atoms with Crippen molar-refractivity contribution in [3.8, 4) is 0 Å². The third-order valence-corrected chi connectivity index (χ3v) is 1.45. The van der Waals surface area contributed by atoms with Crippen molar-refractivity contribution < 1.29 is 0 Å². The second kappa shape index (κ2) is 2.13. The molecule has 0 unspecified atom stereocenters. The first kappa shape index (κ1) is 6.20. The van der Waals surface area contributed by atoms with Crippen LogP contribution in [0.5, 0.6) is 0 Å². The van der Waals surface area contributed by atoms with Crippen molar-refractivity contribution in [3.05, 3.63) is 23.5 Å². The van der Waals surface area contributed by atoms with Gasteiger partial charge in [-0.25, -0.2) is 0 Å². The van der Waals surface area contributed by atoms with Gasteiger partial charge in [-0.15, -0.1) is 0 Å². The highest BCUT2D eigenvalue weighted by molar-refractivity contribution is 5.17. The molecule has 1 rings (SSSR count). The van der Waals surface area contributed by atoms with Crippen molar-refractivity contribution in [2.24, 2.45) is 0 Å². The number of rotatable bonds is 0. The van der Waals surface area contributed by atoms with E-state index >= 15 is 0 Å². The third kappa shape index (κ3) is 1.25. The summed E-state index contributed by atoms with van der Waals surface area (Å²) in [6.45, 7) is 4.11. The predicted octanol–water partition coefficient (Wildman–Crippen LogP) is 1.24. The molecule has 2 nitrogen and oxygen atoms in total. The minimum atomic E-state index is 1.18. The van der Waals surface area contributed by atoms with Crippen LogP contribution in [0.1, 0.15) is 13.8 Å². The van der Waals surface area contributed by atoms with Crippen molar-refractivity contribution in [1.29, 1.82) is 0 Å². The van der Waals surface area contributed by atoms with Gasteiger partial charge in [0.2, 0.25) is 0 Å². The fourth-order valence-corrected chi connectivity index (χ4v) is 0.747. The molecule has 0 bridgehead atoms. The first-order valence-corrected chi connectivity index (χ1v) is 3.06. The number of hydrogen-bond donors (Lipinski definition) is 1. The van der Waals surface area contributed by atoms with E-state index in [0.29, 0.717) is 0 Å². The maximum absolute atomic E-state index is 3.16. The van der Waals surface area contributed by atoms with Gasteiger partial charge in [0.15, 0.2) is 0 Å². The van der Waals surface area contributed by atoms with E-state index in [4.69, 9.17) is 0 Å². The van der Waals surface area contributed by atoms with Gasteiger partial charge in [-0.05, 0) is 26.0 Å². The quantitative estimate of drug-likeness (QED) is 0.522. The van der Waals surface area contributed by atoms with Crippen molar-refractivity contribution in [2.45, 2.75) is 13.8 Å². The lowest BCUT2D eigenvalue weighted by molar-refractivity contribution is 0.332. The average Bonchev–Trinajstić information content (AvgIpc) is 1.80. The Kier molecular flexibility index (Phi) is 1.47. The molecule has 0 aromatic carbocycles. The van der Waals surface area contributed by atoms with Crippen LogP contribution in [0.4, 0.5) is 0 Å². The second-order valence-electron chi connectivity index (χ2n) is 2.33. The summed E-state index contributed by atoms with van der Waals surface area (Å²) in [4.78, 5) is 0. The van der Waals surface area contributed by atoms with Gasteiger partial charge >= 0.3 is 0 Å². The van der Waals surface area contributed by atoms with E-state index in [-0.39, 0.29) is 0 Å². The Hall–Kier alpha value is -0.920. The molecular formula is C7H12N2. The standard InChI is InChI=1S/C7H12N2/c1-6-4-5-7(2)9(3)8-6/h4-5,8H,1-3H3. The van der Waals surface area contributed by atoms with Crippen molar-refractivity contribution in [1.82, 2.24) is 10.4 Å². The molecule has 0 atom stereocenters. The summed E-state index contributed by atoms with van der Waals surface area (Å²) in [7, 11) is 2.00. The molecular weight excluding hydrogens is 112 g/mol. The van der Waals surface area contributed by atoms with Crippen LogP contribution in [-0.2, 0) is 0 Å². The molecule has 0 aromatic heterocycles. The number of nitrogens with one attached hydrogen (secondary N) is 1. The molecule has 0 spiro atoms. The van der Waals surface area contributed by atoms with E-state index in [2.05, 4.69) is 24.5 Å². The summed E-state index contributed by atoms with van der Waals surface area (Å²) in [6.07, 6.45) is 4.15. The van der Waals surface area contributed by atoms with Crippen molar-refractivity contribution in [2.75, 3.05) is 7.05 Å².